The van der Waals surface area contributed by atoms with Gasteiger partial charge in [-0.05, 0) is 39.7 Å². The average molecular weight is 401 g/mol. The molecule has 0 spiro atoms. The van der Waals surface area contributed by atoms with Crippen LogP contribution in [-0.2, 0) is 6.54 Å². The molecule has 0 unspecified atom stereocenters. The van der Waals surface area contributed by atoms with E-state index >= 15 is 0 Å². The molecular formula is C19H30F3N5O. The van der Waals surface area contributed by atoms with E-state index in [1.165, 1.54) is 6.20 Å². The van der Waals surface area contributed by atoms with E-state index in [2.05, 4.69) is 39.4 Å². The van der Waals surface area contributed by atoms with E-state index in [-0.39, 0.29) is 12.4 Å². The van der Waals surface area contributed by atoms with E-state index in [9.17, 15) is 13.2 Å². The summed E-state index contributed by atoms with van der Waals surface area (Å²) < 4.78 is 42.1. The molecule has 1 aromatic heterocycles. The summed E-state index contributed by atoms with van der Waals surface area (Å²) in [4.78, 5) is 10.9. The quantitative estimate of drug-likeness (QED) is 0.543. The fourth-order valence-electron chi connectivity index (χ4n) is 3.06. The first-order chi connectivity index (χ1) is 13.3. The molecule has 0 amide bonds. The molecule has 1 saturated heterocycles. The predicted molar refractivity (Wildman–Crippen MR) is 103 cm³/mol. The van der Waals surface area contributed by atoms with E-state index in [1.807, 2.05) is 6.92 Å². The molecule has 2 heterocycles. The Hall–Kier alpha value is -2.03. The van der Waals surface area contributed by atoms with Crippen LogP contribution in [0.25, 0.3) is 0 Å². The van der Waals surface area contributed by atoms with Crippen molar-refractivity contribution in [3.8, 4) is 5.88 Å². The molecule has 0 bridgehead atoms. The number of alkyl halides is 3. The lowest BCUT2D eigenvalue weighted by atomic mass is 10.0. The number of piperidine rings is 1. The highest BCUT2D eigenvalue weighted by molar-refractivity contribution is 5.80. The van der Waals surface area contributed by atoms with Gasteiger partial charge in [0.25, 0.3) is 0 Å². The molecule has 28 heavy (non-hydrogen) atoms. The van der Waals surface area contributed by atoms with E-state index in [0.29, 0.717) is 30.2 Å². The number of nitrogens with one attached hydrogen (secondary N) is 2. The van der Waals surface area contributed by atoms with Gasteiger partial charge in [-0.25, -0.2) is 9.98 Å². The third kappa shape index (κ3) is 7.53. The number of halogens is 3. The monoisotopic (exact) mass is 401 g/mol. The van der Waals surface area contributed by atoms with Crippen LogP contribution in [0.2, 0.25) is 0 Å². The van der Waals surface area contributed by atoms with Crippen LogP contribution in [0.3, 0.4) is 0 Å². The smallest absolute Gasteiger partial charge is 0.422 e. The van der Waals surface area contributed by atoms with Gasteiger partial charge in [0.15, 0.2) is 12.6 Å². The van der Waals surface area contributed by atoms with Crippen molar-refractivity contribution < 1.29 is 17.9 Å². The molecule has 0 atom stereocenters. The van der Waals surface area contributed by atoms with Gasteiger partial charge in [0.05, 0.1) is 6.54 Å². The minimum atomic E-state index is -4.40. The maximum Gasteiger partial charge on any atom is 0.422 e. The minimum Gasteiger partial charge on any atom is -0.468 e. The fourth-order valence-corrected chi connectivity index (χ4v) is 3.06. The van der Waals surface area contributed by atoms with Gasteiger partial charge in [-0.15, -0.1) is 0 Å². The van der Waals surface area contributed by atoms with Crippen molar-refractivity contribution in [1.29, 1.82) is 0 Å². The molecule has 0 aromatic carbocycles. The number of rotatable bonds is 7. The largest absolute Gasteiger partial charge is 0.468 e. The van der Waals surface area contributed by atoms with Gasteiger partial charge in [-0.2, -0.15) is 13.2 Å². The third-order valence-electron chi connectivity index (χ3n) is 4.57. The zero-order valence-electron chi connectivity index (χ0n) is 16.7. The summed E-state index contributed by atoms with van der Waals surface area (Å²) in [6.07, 6.45) is -0.949. The van der Waals surface area contributed by atoms with Crippen LogP contribution in [0.1, 0.15) is 39.2 Å². The highest BCUT2D eigenvalue weighted by Crippen LogP contribution is 2.20. The second kappa shape index (κ2) is 10.5. The topological polar surface area (TPSA) is 61.8 Å². The molecule has 1 fully saturated rings. The zero-order valence-corrected chi connectivity index (χ0v) is 16.7. The summed E-state index contributed by atoms with van der Waals surface area (Å²) >= 11 is 0. The van der Waals surface area contributed by atoms with Crippen LogP contribution in [0, 0.1) is 0 Å². The van der Waals surface area contributed by atoms with Gasteiger partial charge in [0.2, 0.25) is 5.88 Å². The number of aromatic nitrogens is 1. The molecule has 0 radical (unpaired) electrons. The van der Waals surface area contributed by atoms with Crippen LogP contribution in [-0.4, -0.2) is 60.3 Å². The molecule has 1 aliphatic heterocycles. The molecule has 0 saturated carbocycles. The Morgan fingerprint density at radius 3 is 2.68 bits per heavy atom. The first-order valence-corrected chi connectivity index (χ1v) is 9.71. The number of guanidine groups is 1. The number of likely N-dealkylation sites (tertiary alicyclic amines) is 1. The molecule has 1 aromatic rings. The molecule has 2 rings (SSSR count). The third-order valence-corrected chi connectivity index (χ3v) is 4.57. The summed E-state index contributed by atoms with van der Waals surface area (Å²) in [6, 6.07) is 4.20. The van der Waals surface area contributed by atoms with Crippen molar-refractivity contribution >= 4 is 5.96 Å². The average Bonchev–Trinajstić information content (AvgIpc) is 2.65. The maximum atomic E-state index is 12.4. The standard InChI is InChI=1S/C19H30F3N5O/c1-4-23-18(26-16-7-10-27(11-8-16)14(2)3)25-12-15-6-5-9-24-17(15)28-13-19(20,21)22/h5-6,9,14,16H,4,7-8,10-13H2,1-3H3,(H2,23,25,26). The second-order valence-electron chi connectivity index (χ2n) is 7.12. The Bertz CT molecular complexity index is 628. The Morgan fingerprint density at radius 1 is 1.36 bits per heavy atom. The second-order valence-corrected chi connectivity index (χ2v) is 7.12. The van der Waals surface area contributed by atoms with Crippen molar-refractivity contribution in [3.05, 3.63) is 23.9 Å². The highest BCUT2D eigenvalue weighted by atomic mass is 19.4. The maximum absolute atomic E-state index is 12.4. The van der Waals surface area contributed by atoms with Crippen molar-refractivity contribution in [3.63, 3.8) is 0 Å². The lowest BCUT2D eigenvalue weighted by Crippen LogP contribution is -2.49. The van der Waals surface area contributed by atoms with E-state index in [0.717, 1.165) is 25.9 Å². The molecule has 1 aliphatic rings. The van der Waals surface area contributed by atoms with Crippen LogP contribution in [0.5, 0.6) is 5.88 Å². The summed E-state index contributed by atoms with van der Waals surface area (Å²) in [5, 5.41) is 6.63. The van der Waals surface area contributed by atoms with Crippen molar-refractivity contribution in [1.82, 2.24) is 20.5 Å². The molecular weight excluding hydrogens is 371 g/mol. The molecule has 0 aliphatic carbocycles. The Morgan fingerprint density at radius 2 is 2.07 bits per heavy atom. The van der Waals surface area contributed by atoms with Crippen molar-refractivity contribution in [2.75, 3.05) is 26.2 Å². The van der Waals surface area contributed by atoms with Gasteiger partial charge in [-0.1, -0.05) is 6.07 Å². The van der Waals surface area contributed by atoms with Crippen LogP contribution in [0.4, 0.5) is 13.2 Å². The SMILES string of the molecule is CCNC(=NCc1cccnc1OCC(F)(F)F)NC1CCN(C(C)C)CC1. The minimum absolute atomic E-state index is 0.0373. The van der Waals surface area contributed by atoms with Crippen molar-refractivity contribution in [2.24, 2.45) is 4.99 Å². The normalized spacial score (nSPS) is 17.0. The number of hydrogen-bond donors (Lipinski definition) is 2. The lowest BCUT2D eigenvalue weighted by molar-refractivity contribution is -0.154. The van der Waals surface area contributed by atoms with Gasteiger partial charge < -0.3 is 20.3 Å². The zero-order chi connectivity index (χ0) is 20.6. The van der Waals surface area contributed by atoms with E-state index in [1.54, 1.807) is 12.1 Å². The van der Waals surface area contributed by atoms with E-state index in [4.69, 9.17) is 4.74 Å². The van der Waals surface area contributed by atoms with E-state index < -0.39 is 12.8 Å². The first-order valence-electron chi connectivity index (χ1n) is 9.71. The first kappa shape index (κ1) is 22.3. The predicted octanol–water partition coefficient (Wildman–Crippen LogP) is 2.95. The Balaban J connectivity index is 1.97. The summed E-state index contributed by atoms with van der Waals surface area (Å²) in [5.74, 6) is 0.612. The number of pyridine rings is 1. The number of hydrogen-bond acceptors (Lipinski definition) is 4. The van der Waals surface area contributed by atoms with Crippen molar-refractivity contribution in [2.45, 2.75) is 58.4 Å². The van der Waals surface area contributed by atoms with Crippen LogP contribution >= 0.6 is 0 Å². The fraction of sp³-hybridized carbons (Fsp3) is 0.684. The van der Waals surface area contributed by atoms with Gasteiger partial charge in [0, 0.05) is 43.5 Å². The molecule has 6 nitrogen and oxygen atoms in total. The molecule has 9 heteroatoms. The lowest BCUT2D eigenvalue weighted by Gasteiger charge is -2.35. The molecule has 158 valence electrons. The molecule has 2 N–H and O–H groups in total. The summed E-state index contributed by atoms with van der Waals surface area (Å²) in [7, 11) is 0. The van der Waals surface area contributed by atoms with Gasteiger partial charge in [-0.3, -0.25) is 0 Å². The Kier molecular flexibility index (Phi) is 8.35. The van der Waals surface area contributed by atoms with Gasteiger partial charge >= 0.3 is 6.18 Å². The number of ether oxygens (including phenoxy) is 1. The highest BCUT2D eigenvalue weighted by Gasteiger charge is 2.29. The van der Waals surface area contributed by atoms with Gasteiger partial charge in [0.1, 0.15) is 0 Å². The summed E-state index contributed by atoms with van der Waals surface area (Å²) in [5.41, 5.74) is 0.513. The van der Waals surface area contributed by atoms with Crippen LogP contribution < -0.4 is 15.4 Å². The summed E-state index contributed by atoms with van der Waals surface area (Å²) in [6.45, 7) is 7.95. The number of nitrogens with zero attached hydrogens (tertiary/aromatic N) is 3. The Labute approximate surface area is 164 Å². The van der Waals surface area contributed by atoms with Crippen LogP contribution in [0.15, 0.2) is 23.3 Å². The number of aliphatic imine (C=N–C) groups is 1.